The monoisotopic (exact) mass is 534 g/mol. The molecule has 8 nitrogen and oxygen atoms in total. The van der Waals surface area contributed by atoms with E-state index in [-0.39, 0.29) is 81.7 Å². The van der Waals surface area contributed by atoms with Crippen LogP contribution in [0.3, 0.4) is 0 Å². The molecule has 0 aromatic heterocycles. The van der Waals surface area contributed by atoms with Crippen molar-refractivity contribution in [2.45, 2.75) is 0 Å². The number of carbonyl (C=O) groups is 2. The molecule has 4 aromatic rings. The molecule has 0 saturated carbocycles. The van der Waals surface area contributed by atoms with Gasteiger partial charge in [0.1, 0.15) is 11.5 Å². The van der Waals surface area contributed by atoms with Crippen molar-refractivity contribution in [3.63, 3.8) is 0 Å². The molecule has 0 fully saturated rings. The largest absolute Gasteiger partial charge is 1.00 e. The van der Waals surface area contributed by atoms with Crippen LogP contribution in [-0.2, 0) is 14.2 Å². The van der Waals surface area contributed by atoms with Gasteiger partial charge in [-0.05, 0) is 35.1 Å². The number of aliphatic carboxylic acids is 2. The average molecular weight is 534 g/mol. The van der Waals surface area contributed by atoms with Gasteiger partial charge in [0.2, 0.25) is 0 Å². The standard InChI is InChI=1S/C26H19O8P.2Na/c27-23(28)15-13-19-11-9-17-5-1-3-7-21(17)25(19)33-35(31,32)34-26-20(14-16-24(29)30)12-10-18-6-2-4-8-22(18)26;;/h1-16H,(H,27,28)(H,29,30)(H,31,32);;/q;2*+1/p-2/b15-13-,16-14+;;. The topological polar surface area (TPSA) is 136 Å². The average Bonchev–Trinajstić information content (AvgIpc) is 2.82. The van der Waals surface area contributed by atoms with Gasteiger partial charge in [0, 0.05) is 21.9 Å². The summed E-state index contributed by atoms with van der Waals surface area (Å²) in [7, 11) is -4.89. The van der Waals surface area contributed by atoms with E-state index >= 15 is 0 Å². The quantitative estimate of drug-likeness (QED) is 0.144. The van der Waals surface area contributed by atoms with Crippen molar-refractivity contribution < 1.29 is 97.4 Å². The first kappa shape index (κ1) is 30.8. The predicted molar refractivity (Wildman–Crippen MR) is 127 cm³/mol. The summed E-state index contributed by atoms with van der Waals surface area (Å²) in [4.78, 5) is 32.6. The Balaban J connectivity index is 0.00000241. The maximum Gasteiger partial charge on any atom is 1.00 e. The molecule has 0 aliphatic heterocycles. The van der Waals surface area contributed by atoms with Crippen LogP contribution in [0, 0.1) is 0 Å². The number of carboxylic acids is 2. The summed E-state index contributed by atoms with van der Waals surface area (Å²) in [6.45, 7) is 0. The molecule has 0 aliphatic carbocycles. The minimum atomic E-state index is -4.89. The van der Waals surface area contributed by atoms with E-state index in [0.717, 1.165) is 12.2 Å². The Morgan fingerprint density at radius 2 is 1.05 bits per heavy atom. The number of phosphoric acid groups is 1. The molecular weight excluding hydrogens is 517 g/mol. The summed E-state index contributed by atoms with van der Waals surface area (Å²) in [6, 6.07) is 20.2. The molecule has 37 heavy (non-hydrogen) atoms. The molecule has 4 rings (SSSR count). The Morgan fingerprint density at radius 1 is 0.676 bits per heavy atom. The van der Waals surface area contributed by atoms with Crippen LogP contribution in [-0.4, -0.2) is 16.8 Å². The zero-order valence-corrected chi connectivity index (χ0v) is 24.9. The minimum Gasteiger partial charge on any atom is -0.545 e. The van der Waals surface area contributed by atoms with E-state index < -0.39 is 19.8 Å². The summed E-state index contributed by atoms with van der Waals surface area (Å²) in [5.41, 5.74) is 0.418. The number of hydrogen-bond donors (Lipinski definition) is 1. The summed E-state index contributed by atoms with van der Waals surface area (Å²) < 4.78 is 24.2. The smallest absolute Gasteiger partial charge is 0.545 e. The Bertz CT molecular complexity index is 1450. The van der Waals surface area contributed by atoms with Gasteiger partial charge >= 0.3 is 66.9 Å². The number of hydrogen-bond acceptors (Lipinski definition) is 7. The first-order chi connectivity index (χ1) is 16.7. The van der Waals surface area contributed by atoms with Crippen LogP contribution in [0.15, 0.2) is 84.9 Å². The zero-order valence-electron chi connectivity index (χ0n) is 20.0. The zero-order chi connectivity index (χ0) is 25.0. The van der Waals surface area contributed by atoms with E-state index in [2.05, 4.69) is 0 Å². The van der Waals surface area contributed by atoms with E-state index in [9.17, 15) is 29.3 Å². The summed E-state index contributed by atoms with van der Waals surface area (Å²) in [5.74, 6) is -3.04. The Hall–Kier alpha value is -2.39. The first-order valence-corrected chi connectivity index (χ1v) is 11.8. The summed E-state index contributed by atoms with van der Waals surface area (Å²) >= 11 is 0. The first-order valence-electron chi connectivity index (χ1n) is 10.3. The molecule has 0 heterocycles. The maximum absolute atomic E-state index is 13.2. The molecule has 176 valence electrons. The molecule has 11 heteroatoms. The summed E-state index contributed by atoms with van der Waals surface area (Å²) in [6.07, 6.45) is 3.91. The van der Waals surface area contributed by atoms with Crippen LogP contribution in [0.2, 0.25) is 0 Å². The molecule has 0 radical (unpaired) electrons. The molecule has 4 aromatic carbocycles. The maximum atomic E-state index is 13.2. The van der Waals surface area contributed by atoms with E-state index in [1.165, 1.54) is 24.3 Å². The van der Waals surface area contributed by atoms with E-state index in [4.69, 9.17) is 9.05 Å². The fourth-order valence-electron chi connectivity index (χ4n) is 3.55. The van der Waals surface area contributed by atoms with Crippen molar-refractivity contribution in [3.05, 3.63) is 96.1 Å². The van der Waals surface area contributed by atoms with Gasteiger partial charge in [0.25, 0.3) is 0 Å². The SMILES string of the molecule is O=C([O-])/C=C\c1ccc2ccccc2c1OP(=O)(O)Oc1c(/C=C/C(=O)[O-])ccc2ccccc12.[Na+].[Na+]. The van der Waals surface area contributed by atoms with Gasteiger partial charge in [-0.1, -0.05) is 72.8 Å². The normalized spacial score (nSPS) is 12.6. The number of carbonyl (C=O) groups excluding carboxylic acids is 2. The second kappa shape index (κ2) is 13.4. The van der Waals surface area contributed by atoms with E-state index in [1.807, 2.05) is 0 Å². The van der Waals surface area contributed by atoms with Crippen molar-refractivity contribution >= 4 is 53.5 Å². The molecule has 0 saturated heterocycles. The molecule has 1 N–H and O–H groups in total. The number of rotatable bonds is 8. The van der Waals surface area contributed by atoms with Gasteiger partial charge < -0.3 is 28.8 Å². The predicted octanol–water partition coefficient (Wildman–Crippen LogP) is -2.91. The molecule has 0 aliphatic rings. The Labute approximate surface area is 256 Å². The van der Waals surface area contributed by atoms with Crippen LogP contribution in [0.25, 0.3) is 33.7 Å². The van der Waals surface area contributed by atoms with Gasteiger partial charge in [-0.3, -0.25) is 4.89 Å². The fourth-order valence-corrected chi connectivity index (χ4v) is 4.46. The molecule has 0 bridgehead atoms. The number of benzene rings is 4. The number of phosphoric ester groups is 1. The molecule has 0 amide bonds. The van der Waals surface area contributed by atoms with Crippen molar-refractivity contribution in [1.82, 2.24) is 0 Å². The van der Waals surface area contributed by atoms with Gasteiger partial charge in [0.05, 0.1) is 11.9 Å². The number of fused-ring (bicyclic) bond motifs is 2. The van der Waals surface area contributed by atoms with Gasteiger partial charge in [-0.2, -0.15) is 0 Å². The third kappa shape index (κ3) is 7.80. The molecule has 1 atom stereocenters. The van der Waals surface area contributed by atoms with Crippen LogP contribution in [0.4, 0.5) is 0 Å². The molecule has 0 spiro atoms. The third-order valence-electron chi connectivity index (χ3n) is 5.03. The van der Waals surface area contributed by atoms with Crippen molar-refractivity contribution in [3.8, 4) is 11.5 Å². The van der Waals surface area contributed by atoms with E-state index in [0.29, 0.717) is 21.5 Å². The van der Waals surface area contributed by atoms with Crippen LogP contribution < -0.4 is 78.4 Å². The second-order valence-electron chi connectivity index (χ2n) is 7.37. The van der Waals surface area contributed by atoms with Crippen LogP contribution >= 0.6 is 7.82 Å². The second-order valence-corrected chi connectivity index (χ2v) is 8.67. The van der Waals surface area contributed by atoms with Gasteiger partial charge in [0.15, 0.2) is 0 Å². The van der Waals surface area contributed by atoms with Gasteiger partial charge in [-0.15, -0.1) is 0 Å². The molecule has 1 unspecified atom stereocenters. The Kier molecular flexibility index (Phi) is 11.2. The Morgan fingerprint density at radius 3 is 1.43 bits per heavy atom. The van der Waals surface area contributed by atoms with Gasteiger partial charge in [-0.25, -0.2) is 4.57 Å². The van der Waals surface area contributed by atoms with Crippen LogP contribution in [0.5, 0.6) is 11.5 Å². The van der Waals surface area contributed by atoms with E-state index in [1.54, 1.807) is 60.7 Å². The fraction of sp³-hybridized carbons (Fsp3) is 0. The van der Waals surface area contributed by atoms with Crippen molar-refractivity contribution in [2.75, 3.05) is 0 Å². The third-order valence-corrected chi connectivity index (χ3v) is 5.86. The van der Waals surface area contributed by atoms with Crippen molar-refractivity contribution in [1.29, 1.82) is 0 Å². The molecular formula is C26H17Na2O8P. The minimum absolute atomic E-state index is 0. The van der Waals surface area contributed by atoms with Crippen LogP contribution in [0.1, 0.15) is 11.1 Å². The van der Waals surface area contributed by atoms with Crippen molar-refractivity contribution in [2.24, 2.45) is 0 Å². The number of carboxylic acid groups (broad SMARTS) is 2. The summed E-state index contributed by atoms with van der Waals surface area (Å²) in [5, 5.41) is 24.1.